The lowest BCUT2D eigenvalue weighted by atomic mass is 10.1. The Morgan fingerprint density at radius 3 is 2.05 bits per heavy atom. The number of thioether (sulfide) groups is 1. The molecule has 0 aromatic heterocycles. The monoisotopic (exact) mass is 272 g/mol. The number of hydrogen-bond acceptors (Lipinski definition) is 3. The van der Waals surface area contributed by atoms with Gasteiger partial charge in [0.25, 0.3) is 0 Å². The quantitative estimate of drug-likeness (QED) is 0.671. The molecule has 0 amide bonds. The Kier molecular flexibility index (Phi) is 4.36. The SMILES string of the molecule is O=C(O)C(=O)CSc1ccc(-c2ccccc2)cc1. The summed E-state index contributed by atoms with van der Waals surface area (Å²) in [6.07, 6.45) is 0. The van der Waals surface area contributed by atoms with Crippen LogP contribution in [0, 0.1) is 0 Å². The molecule has 2 rings (SSSR count). The summed E-state index contributed by atoms with van der Waals surface area (Å²) in [4.78, 5) is 22.3. The third kappa shape index (κ3) is 3.69. The minimum atomic E-state index is -1.38. The van der Waals surface area contributed by atoms with E-state index in [-0.39, 0.29) is 5.75 Å². The van der Waals surface area contributed by atoms with Crippen LogP contribution in [0.25, 0.3) is 11.1 Å². The highest BCUT2D eigenvalue weighted by Gasteiger charge is 2.11. The van der Waals surface area contributed by atoms with Crippen LogP contribution in [0.15, 0.2) is 59.5 Å². The lowest BCUT2D eigenvalue weighted by Crippen LogP contribution is -2.14. The topological polar surface area (TPSA) is 54.4 Å². The fourth-order valence-electron chi connectivity index (χ4n) is 1.58. The first-order valence-electron chi connectivity index (χ1n) is 5.71. The van der Waals surface area contributed by atoms with E-state index >= 15 is 0 Å². The van der Waals surface area contributed by atoms with E-state index in [4.69, 9.17) is 5.11 Å². The summed E-state index contributed by atoms with van der Waals surface area (Å²) >= 11 is 1.23. The number of carbonyl (C=O) groups is 2. The van der Waals surface area contributed by atoms with E-state index in [1.807, 2.05) is 54.6 Å². The molecule has 0 saturated carbocycles. The Bertz CT molecular complexity index is 576. The van der Waals surface area contributed by atoms with Crippen molar-refractivity contribution in [3.63, 3.8) is 0 Å². The molecule has 0 aliphatic rings. The summed E-state index contributed by atoms with van der Waals surface area (Å²) in [5.74, 6) is -2.20. The fourth-order valence-corrected chi connectivity index (χ4v) is 2.33. The van der Waals surface area contributed by atoms with Gasteiger partial charge in [-0.3, -0.25) is 4.79 Å². The van der Waals surface area contributed by atoms with Crippen LogP contribution in [0.4, 0.5) is 0 Å². The second-order valence-electron chi connectivity index (χ2n) is 3.91. The number of benzene rings is 2. The molecule has 0 aliphatic carbocycles. The molecular formula is C15H12O3S. The summed E-state index contributed by atoms with van der Waals surface area (Å²) in [5, 5.41) is 8.49. The largest absolute Gasteiger partial charge is 0.475 e. The molecular weight excluding hydrogens is 260 g/mol. The molecule has 0 atom stereocenters. The van der Waals surface area contributed by atoms with Gasteiger partial charge in [-0.15, -0.1) is 11.8 Å². The van der Waals surface area contributed by atoms with Crippen LogP contribution in [0.3, 0.4) is 0 Å². The Labute approximate surface area is 115 Å². The second kappa shape index (κ2) is 6.20. The molecule has 19 heavy (non-hydrogen) atoms. The van der Waals surface area contributed by atoms with Gasteiger partial charge in [0.15, 0.2) is 0 Å². The number of carboxylic acid groups (broad SMARTS) is 1. The molecule has 4 heteroatoms. The van der Waals surface area contributed by atoms with Gasteiger partial charge in [-0.25, -0.2) is 4.79 Å². The van der Waals surface area contributed by atoms with Crippen molar-refractivity contribution in [2.75, 3.05) is 5.75 Å². The average Bonchev–Trinajstić information content (AvgIpc) is 2.46. The maximum absolute atomic E-state index is 11.0. The van der Waals surface area contributed by atoms with Crippen molar-refractivity contribution in [3.05, 3.63) is 54.6 Å². The van der Waals surface area contributed by atoms with Crippen LogP contribution in [-0.4, -0.2) is 22.6 Å². The molecule has 3 nitrogen and oxygen atoms in total. The summed E-state index contributed by atoms with van der Waals surface area (Å²) in [5.41, 5.74) is 2.22. The van der Waals surface area contributed by atoms with Crippen molar-refractivity contribution >= 4 is 23.5 Å². The Morgan fingerprint density at radius 1 is 0.895 bits per heavy atom. The van der Waals surface area contributed by atoms with Gasteiger partial charge in [0.1, 0.15) is 0 Å². The van der Waals surface area contributed by atoms with Crippen LogP contribution in [0.5, 0.6) is 0 Å². The highest BCUT2D eigenvalue weighted by Crippen LogP contribution is 2.24. The average molecular weight is 272 g/mol. The van der Waals surface area contributed by atoms with Gasteiger partial charge in [-0.1, -0.05) is 42.5 Å². The molecule has 0 spiro atoms. The zero-order valence-corrected chi connectivity index (χ0v) is 10.9. The predicted octanol–water partition coefficient (Wildman–Crippen LogP) is 3.10. The number of aliphatic carboxylic acids is 1. The molecule has 2 aromatic rings. The molecule has 0 fully saturated rings. The van der Waals surface area contributed by atoms with E-state index in [0.29, 0.717) is 0 Å². The minimum Gasteiger partial charge on any atom is -0.475 e. The minimum absolute atomic E-state index is 0.0416. The van der Waals surface area contributed by atoms with Gasteiger partial charge in [0.05, 0.1) is 5.75 Å². The third-order valence-electron chi connectivity index (χ3n) is 2.57. The predicted molar refractivity (Wildman–Crippen MR) is 75.2 cm³/mol. The second-order valence-corrected chi connectivity index (χ2v) is 4.96. The van der Waals surface area contributed by atoms with Crippen molar-refractivity contribution < 1.29 is 14.7 Å². The van der Waals surface area contributed by atoms with Gasteiger partial charge in [-0.2, -0.15) is 0 Å². The molecule has 0 unspecified atom stereocenters. The highest BCUT2D eigenvalue weighted by molar-refractivity contribution is 8.00. The summed E-state index contributed by atoms with van der Waals surface area (Å²) in [6.45, 7) is 0. The number of carbonyl (C=O) groups excluding carboxylic acids is 1. The Balaban J connectivity index is 2.03. The van der Waals surface area contributed by atoms with Crippen molar-refractivity contribution in [1.82, 2.24) is 0 Å². The van der Waals surface area contributed by atoms with E-state index in [0.717, 1.165) is 16.0 Å². The number of ketones is 1. The van der Waals surface area contributed by atoms with Crippen molar-refractivity contribution in [3.8, 4) is 11.1 Å². The Morgan fingerprint density at radius 2 is 1.47 bits per heavy atom. The molecule has 0 heterocycles. The first kappa shape index (κ1) is 13.4. The normalized spacial score (nSPS) is 10.1. The Hall–Kier alpha value is -2.07. The zero-order valence-electron chi connectivity index (χ0n) is 10.1. The third-order valence-corrected chi connectivity index (χ3v) is 3.58. The number of carboxylic acids is 1. The maximum atomic E-state index is 11.0. The van der Waals surface area contributed by atoms with Crippen LogP contribution in [-0.2, 0) is 9.59 Å². The van der Waals surface area contributed by atoms with E-state index in [2.05, 4.69) is 0 Å². The number of rotatable bonds is 5. The number of hydrogen-bond donors (Lipinski definition) is 1. The first-order valence-corrected chi connectivity index (χ1v) is 6.70. The molecule has 0 bridgehead atoms. The fraction of sp³-hybridized carbons (Fsp3) is 0.0667. The molecule has 96 valence electrons. The summed E-state index contributed by atoms with van der Waals surface area (Å²) in [6, 6.07) is 17.7. The smallest absolute Gasteiger partial charge is 0.373 e. The number of Topliss-reactive ketones (excluding diaryl/α,β-unsaturated/α-hetero) is 1. The van der Waals surface area contributed by atoms with Gasteiger partial charge < -0.3 is 5.11 Å². The molecule has 0 aliphatic heterocycles. The molecule has 2 aromatic carbocycles. The summed E-state index contributed by atoms with van der Waals surface area (Å²) in [7, 11) is 0. The molecule has 1 N–H and O–H groups in total. The van der Waals surface area contributed by atoms with Gasteiger partial charge in [0.2, 0.25) is 5.78 Å². The summed E-state index contributed by atoms with van der Waals surface area (Å²) < 4.78 is 0. The lowest BCUT2D eigenvalue weighted by Gasteiger charge is -2.03. The van der Waals surface area contributed by atoms with Gasteiger partial charge in [0, 0.05) is 4.90 Å². The van der Waals surface area contributed by atoms with Crippen molar-refractivity contribution in [2.45, 2.75) is 4.90 Å². The van der Waals surface area contributed by atoms with Crippen LogP contribution < -0.4 is 0 Å². The highest BCUT2D eigenvalue weighted by atomic mass is 32.2. The first-order chi connectivity index (χ1) is 9.16. The lowest BCUT2D eigenvalue weighted by molar-refractivity contribution is -0.147. The van der Waals surface area contributed by atoms with E-state index in [1.165, 1.54) is 11.8 Å². The standard InChI is InChI=1S/C15H12O3S/c16-14(15(17)18)10-19-13-8-6-12(7-9-13)11-4-2-1-3-5-11/h1-9H,10H2,(H,17,18). The molecule has 0 radical (unpaired) electrons. The van der Waals surface area contributed by atoms with Crippen molar-refractivity contribution in [2.24, 2.45) is 0 Å². The van der Waals surface area contributed by atoms with Crippen LogP contribution in [0.2, 0.25) is 0 Å². The van der Waals surface area contributed by atoms with Gasteiger partial charge in [-0.05, 0) is 23.3 Å². The maximum Gasteiger partial charge on any atom is 0.373 e. The van der Waals surface area contributed by atoms with E-state index < -0.39 is 11.8 Å². The van der Waals surface area contributed by atoms with Crippen molar-refractivity contribution in [1.29, 1.82) is 0 Å². The van der Waals surface area contributed by atoms with E-state index in [9.17, 15) is 9.59 Å². The molecule has 0 saturated heterocycles. The van der Waals surface area contributed by atoms with E-state index in [1.54, 1.807) is 0 Å². The van der Waals surface area contributed by atoms with Crippen LogP contribution >= 0.6 is 11.8 Å². The van der Waals surface area contributed by atoms with Gasteiger partial charge >= 0.3 is 5.97 Å². The zero-order chi connectivity index (χ0) is 13.7. The van der Waals surface area contributed by atoms with Crippen LogP contribution in [0.1, 0.15) is 0 Å².